The number of hydrogen-bond donors (Lipinski definition) is 1. The third kappa shape index (κ3) is 4.89. The predicted octanol–water partition coefficient (Wildman–Crippen LogP) is 3.28. The van der Waals surface area contributed by atoms with Crippen LogP contribution < -0.4 is 5.32 Å². The number of nitrogens with zero attached hydrogens (tertiary/aromatic N) is 1. The Morgan fingerprint density at radius 2 is 2.06 bits per heavy atom. The van der Waals surface area contributed by atoms with Crippen LogP contribution in [0.3, 0.4) is 0 Å². The van der Waals surface area contributed by atoms with Gasteiger partial charge in [0.25, 0.3) is 0 Å². The van der Waals surface area contributed by atoms with Gasteiger partial charge in [0.05, 0.1) is 0 Å². The van der Waals surface area contributed by atoms with E-state index in [1.165, 1.54) is 77.7 Å². The van der Waals surface area contributed by atoms with Crippen LogP contribution in [0, 0.1) is 11.3 Å². The van der Waals surface area contributed by atoms with Crippen molar-refractivity contribution in [3.8, 4) is 0 Å². The normalized spacial score (nSPS) is 30.0. The van der Waals surface area contributed by atoms with Gasteiger partial charge in [0.1, 0.15) is 0 Å². The van der Waals surface area contributed by atoms with Crippen molar-refractivity contribution >= 4 is 0 Å². The van der Waals surface area contributed by atoms with Crippen LogP contribution in [-0.2, 0) is 0 Å². The Kier molecular flexibility index (Phi) is 5.50. The van der Waals surface area contributed by atoms with E-state index in [1.54, 1.807) is 0 Å². The van der Waals surface area contributed by atoms with Crippen LogP contribution in [0.2, 0.25) is 0 Å². The second kappa shape index (κ2) is 6.91. The Labute approximate surface area is 114 Å². The van der Waals surface area contributed by atoms with Crippen molar-refractivity contribution < 1.29 is 0 Å². The molecule has 2 saturated heterocycles. The Hall–Kier alpha value is -0.0800. The molecule has 2 rings (SSSR count). The Morgan fingerprint density at radius 3 is 2.83 bits per heavy atom. The molecule has 0 amide bonds. The van der Waals surface area contributed by atoms with Gasteiger partial charge in [-0.1, -0.05) is 13.8 Å². The standard InChI is InChI=1S/C16H32N2/c1-16(2)8-5-12-18(13-9-16)11-4-7-15-6-3-10-17-14-15/h15,17H,3-14H2,1-2H3. The van der Waals surface area contributed by atoms with Gasteiger partial charge in [0.15, 0.2) is 0 Å². The summed E-state index contributed by atoms with van der Waals surface area (Å²) >= 11 is 0. The average Bonchev–Trinajstić information content (AvgIpc) is 2.52. The molecule has 106 valence electrons. The highest BCUT2D eigenvalue weighted by molar-refractivity contribution is 4.76. The van der Waals surface area contributed by atoms with E-state index < -0.39 is 0 Å². The SMILES string of the molecule is CC1(C)CCCN(CCCC2CCCNC2)CC1. The summed E-state index contributed by atoms with van der Waals surface area (Å²) in [4.78, 5) is 2.71. The maximum atomic E-state index is 3.53. The molecule has 0 bridgehead atoms. The van der Waals surface area contributed by atoms with Gasteiger partial charge in [0.2, 0.25) is 0 Å². The molecule has 2 aliphatic rings. The lowest BCUT2D eigenvalue weighted by Crippen LogP contribution is -2.31. The van der Waals surface area contributed by atoms with E-state index in [9.17, 15) is 0 Å². The highest BCUT2D eigenvalue weighted by Crippen LogP contribution is 2.29. The fraction of sp³-hybridized carbons (Fsp3) is 1.00. The molecule has 0 aromatic carbocycles. The van der Waals surface area contributed by atoms with Crippen molar-refractivity contribution in [2.24, 2.45) is 11.3 Å². The molecule has 0 aromatic rings. The first-order valence-corrected chi connectivity index (χ1v) is 8.09. The molecule has 0 spiro atoms. The second-order valence-electron chi connectivity index (χ2n) is 7.21. The predicted molar refractivity (Wildman–Crippen MR) is 78.9 cm³/mol. The molecular weight excluding hydrogens is 220 g/mol. The minimum absolute atomic E-state index is 0.585. The minimum Gasteiger partial charge on any atom is -0.316 e. The lowest BCUT2D eigenvalue weighted by molar-refractivity contribution is 0.246. The lowest BCUT2D eigenvalue weighted by atomic mass is 9.85. The van der Waals surface area contributed by atoms with Crippen LogP contribution in [0.25, 0.3) is 0 Å². The molecule has 2 fully saturated rings. The zero-order chi connectivity index (χ0) is 12.8. The van der Waals surface area contributed by atoms with Gasteiger partial charge in [-0.25, -0.2) is 0 Å². The fourth-order valence-electron chi connectivity index (χ4n) is 3.48. The second-order valence-corrected chi connectivity index (χ2v) is 7.21. The van der Waals surface area contributed by atoms with E-state index in [2.05, 4.69) is 24.1 Å². The molecule has 0 saturated carbocycles. The third-order valence-corrected chi connectivity index (χ3v) is 4.92. The Bertz CT molecular complexity index is 231. The van der Waals surface area contributed by atoms with Crippen molar-refractivity contribution in [3.63, 3.8) is 0 Å². The van der Waals surface area contributed by atoms with E-state index in [0.717, 1.165) is 5.92 Å². The summed E-state index contributed by atoms with van der Waals surface area (Å²) in [7, 11) is 0. The number of piperidine rings is 1. The highest BCUT2D eigenvalue weighted by atomic mass is 15.1. The average molecular weight is 252 g/mol. The molecule has 0 radical (unpaired) electrons. The topological polar surface area (TPSA) is 15.3 Å². The van der Waals surface area contributed by atoms with E-state index in [1.807, 2.05) is 0 Å². The van der Waals surface area contributed by atoms with Crippen LogP contribution in [0.15, 0.2) is 0 Å². The quantitative estimate of drug-likeness (QED) is 0.826. The molecule has 2 aliphatic heterocycles. The first-order valence-electron chi connectivity index (χ1n) is 8.09. The summed E-state index contributed by atoms with van der Waals surface area (Å²) in [5.74, 6) is 0.960. The smallest absolute Gasteiger partial charge is 0.00136 e. The summed E-state index contributed by atoms with van der Waals surface area (Å²) < 4.78 is 0. The van der Waals surface area contributed by atoms with Crippen molar-refractivity contribution in [2.75, 3.05) is 32.7 Å². The summed E-state index contributed by atoms with van der Waals surface area (Å²) in [5.41, 5.74) is 0.585. The third-order valence-electron chi connectivity index (χ3n) is 4.92. The van der Waals surface area contributed by atoms with Crippen LogP contribution in [0.4, 0.5) is 0 Å². The van der Waals surface area contributed by atoms with E-state index in [4.69, 9.17) is 0 Å². The maximum Gasteiger partial charge on any atom is -0.00136 e. The number of likely N-dealkylation sites (tertiary alicyclic amines) is 1. The van der Waals surface area contributed by atoms with Gasteiger partial charge in [0, 0.05) is 0 Å². The number of rotatable bonds is 4. The monoisotopic (exact) mass is 252 g/mol. The Balaban J connectivity index is 1.61. The van der Waals surface area contributed by atoms with Gasteiger partial charge in [-0.3, -0.25) is 0 Å². The number of hydrogen-bond acceptors (Lipinski definition) is 2. The van der Waals surface area contributed by atoms with Gasteiger partial charge < -0.3 is 10.2 Å². The molecule has 0 aliphatic carbocycles. The van der Waals surface area contributed by atoms with Crippen molar-refractivity contribution in [3.05, 3.63) is 0 Å². The first-order chi connectivity index (χ1) is 8.66. The lowest BCUT2D eigenvalue weighted by Gasteiger charge is -2.25. The maximum absolute atomic E-state index is 3.53. The molecule has 2 heteroatoms. The van der Waals surface area contributed by atoms with Crippen molar-refractivity contribution in [1.29, 1.82) is 0 Å². The summed E-state index contributed by atoms with van der Waals surface area (Å²) in [6.07, 6.45) is 9.90. The van der Waals surface area contributed by atoms with Crippen molar-refractivity contribution in [1.82, 2.24) is 10.2 Å². The summed E-state index contributed by atoms with van der Waals surface area (Å²) in [6, 6.07) is 0. The zero-order valence-electron chi connectivity index (χ0n) is 12.5. The van der Waals surface area contributed by atoms with Crippen LogP contribution >= 0.6 is 0 Å². The van der Waals surface area contributed by atoms with E-state index >= 15 is 0 Å². The molecular formula is C16H32N2. The van der Waals surface area contributed by atoms with E-state index in [-0.39, 0.29) is 0 Å². The summed E-state index contributed by atoms with van der Waals surface area (Å²) in [6.45, 7) is 11.4. The van der Waals surface area contributed by atoms with Crippen LogP contribution in [0.5, 0.6) is 0 Å². The van der Waals surface area contributed by atoms with Crippen LogP contribution in [0.1, 0.15) is 58.8 Å². The largest absolute Gasteiger partial charge is 0.316 e. The molecule has 0 aromatic heterocycles. The van der Waals surface area contributed by atoms with Gasteiger partial charge in [-0.05, 0) is 89.0 Å². The van der Waals surface area contributed by atoms with Gasteiger partial charge >= 0.3 is 0 Å². The Morgan fingerprint density at radius 1 is 1.17 bits per heavy atom. The molecule has 2 nitrogen and oxygen atoms in total. The molecule has 1 N–H and O–H groups in total. The summed E-state index contributed by atoms with van der Waals surface area (Å²) in [5, 5.41) is 3.53. The molecule has 18 heavy (non-hydrogen) atoms. The molecule has 2 heterocycles. The van der Waals surface area contributed by atoms with Gasteiger partial charge in [-0.2, -0.15) is 0 Å². The number of nitrogens with one attached hydrogen (secondary N) is 1. The van der Waals surface area contributed by atoms with E-state index in [0.29, 0.717) is 5.41 Å². The fourth-order valence-corrected chi connectivity index (χ4v) is 3.48. The molecule has 1 atom stereocenters. The highest BCUT2D eigenvalue weighted by Gasteiger charge is 2.22. The van der Waals surface area contributed by atoms with Crippen LogP contribution in [-0.4, -0.2) is 37.6 Å². The van der Waals surface area contributed by atoms with Gasteiger partial charge in [-0.15, -0.1) is 0 Å². The zero-order valence-corrected chi connectivity index (χ0v) is 12.5. The van der Waals surface area contributed by atoms with Crippen molar-refractivity contribution in [2.45, 2.75) is 58.8 Å². The molecule has 1 unspecified atom stereocenters. The first kappa shape index (κ1) is 14.3. The minimum atomic E-state index is 0.585.